The van der Waals surface area contributed by atoms with Crippen LogP contribution in [-0.2, 0) is 4.79 Å². The summed E-state index contributed by atoms with van der Waals surface area (Å²) in [6, 6.07) is 11.7. The minimum absolute atomic E-state index is 0.0121. The molecule has 2 aliphatic heterocycles. The zero-order valence-electron chi connectivity index (χ0n) is 12.4. The highest BCUT2D eigenvalue weighted by atomic mass is 32.2. The number of non-ortho nitro benzene ring substituents is 1. The summed E-state index contributed by atoms with van der Waals surface area (Å²) >= 11 is 1.44. The third-order valence-corrected chi connectivity index (χ3v) is 5.08. The molecule has 0 N–H and O–H groups in total. The molecule has 1 saturated heterocycles. The molecule has 1 amide bonds. The maximum atomic E-state index is 12.4. The number of nitro benzene ring substituents is 1. The molecule has 0 aromatic heterocycles. The SMILES string of the molecule is O=C1CSC(c2cccc([N+](=O)[O-])c2)N1c1ccc2c(c1)OCO2. The van der Waals surface area contributed by atoms with Gasteiger partial charge in [0.1, 0.15) is 5.37 Å². The first kappa shape index (κ1) is 14.8. The number of hydrogen-bond donors (Lipinski definition) is 0. The molecule has 0 saturated carbocycles. The third-order valence-electron chi connectivity index (χ3n) is 3.87. The highest BCUT2D eigenvalue weighted by Gasteiger charge is 2.35. The molecule has 2 aliphatic rings. The Kier molecular flexibility index (Phi) is 3.53. The molecule has 0 spiro atoms. The molecule has 0 bridgehead atoms. The summed E-state index contributed by atoms with van der Waals surface area (Å²) in [5.41, 5.74) is 1.42. The second kappa shape index (κ2) is 5.72. The monoisotopic (exact) mass is 344 g/mol. The first-order chi connectivity index (χ1) is 11.6. The number of hydrogen-bond acceptors (Lipinski definition) is 6. The Hall–Kier alpha value is -2.74. The van der Waals surface area contributed by atoms with Crippen LogP contribution in [0.3, 0.4) is 0 Å². The second-order valence-corrected chi connectivity index (χ2v) is 6.39. The van der Waals surface area contributed by atoms with Crippen LogP contribution in [0.25, 0.3) is 0 Å². The lowest BCUT2D eigenvalue weighted by Crippen LogP contribution is -2.27. The van der Waals surface area contributed by atoms with E-state index in [1.165, 1.54) is 23.9 Å². The first-order valence-corrected chi connectivity index (χ1v) is 8.26. The molecular weight excluding hydrogens is 332 g/mol. The van der Waals surface area contributed by atoms with Crippen molar-refractivity contribution in [2.45, 2.75) is 5.37 Å². The molecular formula is C16H12N2O5S. The number of nitrogens with zero attached hydrogens (tertiary/aromatic N) is 2. The Morgan fingerprint density at radius 1 is 1.17 bits per heavy atom. The molecule has 2 aromatic carbocycles. The van der Waals surface area contributed by atoms with E-state index in [-0.39, 0.29) is 23.8 Å². The third kappa shape index (κ3) is 2.44. The molecule has 1 unspecified atom stereocenters. The van der Waals surface area contributed by atoms with Gasteiger partial charge in [-0.3, -0.25) is 19.8 Å². The van der Waals surface area contributed by atoms with E-state index in [1.807, 2.05) is 0 Å². The van der Waals surface area contributed by atoms with Crippen molar-refractivity contribution < 1.29 is 19.2 Å². The van der Waals surface area contributed by atoms with Crippen LogP contribution in [0.15, 0.2) is 42.5 Å². The van der Waals surface area contributed by atoms with E-state index >= 15 is 0 Å². The summed E-state index contributed by atoms with van der Waals surface area (Å²) < 4.78 is 10.7. The van der Waals surface area contributed by atoms with Crippen LogP contribution >= 0.6 is 11.8 Å². The van der Waals surface area contributed by atoms with E-state index in [2.05, 4.69) is 0 Å². The summed E-state index contributed by atoms with van der Waals surface area (Å²) in [4.78, 5) is 24.6. The van der Waals surface area contributed by atoms with Crippen molar-refractivity contribution in [1.29, 1.82) is 0 Å². The Morgan fingerprint density at radius 3 is 2.83 bits per heavy atom. The normalized spacial score (nSPS) is 18.9. The van der Waals surface area contributed by atoms with Crippen molar-refractivity contribution in [3.05, 3.63) is 58.1 Å². The number of rotatable bonds is 3. The average Bonchev–Trinajstić information content (AvgIpc) is 3.20. The van der Waals surface area contributed by atoms with Crippen LogP contribution in [0.1, 0.15) is 10.9 Å². The summed E-state index contributed by atoms with van der Waals surface area (Å²) in [7, 11) is 0. The number of fused-ring (bicyclic) bond motifs is 1. The summed E-state index contributed by atoms with van der Waals surface area (Å²) in [5, 5.41) is 10.7. The molecule has 0 radical (unpaired) electrons. The molecule has 24 heavy (non-hydrogen) atoms. The standard InChI is InChI=1S/C16H12N2O5S/c19-15-8-24-16(10-2-1-3-12(6-10)18(20)21)17(15)11-4-5-13-14(7-11)23-9-22-13/h1-7,16H,8-9H2. The van der Waals surface area contributed by atoms with Crippen LogP contribution in [0, 0.1) is 10.1 Å². The summed E-state index contributed by atoms with van der Waals surface area (Å²) in [6.45, 7) is 0.162. The quantitative estimate of drug-likeness (QED) is 0.628. The molecule has 4 rings (SSSR count). The van der Waals surface area contributed by atoms with Crippen molar-refractivity contribution in [2.75, 3.05) is 17.4 Å². The van der Waals surface area contributed by atoms with Crippen LogP contribution in [0.2, 0.25) is 0 Å². The first-order valence-electron chi connectivity index (χ1n) is 7.21. The Labute approximate surface area is 141 Å². The number of anilines is 1. The number of nitro groups is 1. The van der Waals surface area contributed by atoms with Crippen molar-refractivity contribution in [3.8, 4) is 11.5 Å². The molecule has 1 fully saturated rings. The van der Waals surface area contributed by atoms with Crippen LogP contribution in [0.5, 0.6) is 11.5 Å². The minimum atomic E-state index is -0.435. The number of amides is 1. The van der Waals surface area contributed by atoms with Gasteiger partial charge in [0.05, 0.1) is 10.7 Å². The molecule has 1 atom stereocenters. The van der Waals surface area contributed by atoms with E-state index in [4.69, 9.17) is 9.47 Å². The van der Waals surface area contributed by atoms with Crippen LogP contribution in [0.4, 0.5) is 11.4 Å². The predicted octanol–water partition coefficient (Wildman–Crippen LogP) is 3.10. The lowest BCUT2D eigenvalue weighted by Gasteiger charge is -2.24. The molecule has 8 heteroatoms. The Morgan fingerprint density at radius 2 is 2.00 bits per heavy atom. The van der Waals surface area contributed by atoms with Gasteiger partial charge in [0.15, 0.2) is 11.5 Å². The summed E-state index contributed by atoms with van der Waals surface area (Å²) in [6.07, 6.45) is 0. The zero-order chi connectivity index (χ0) is 16.7. The average molecular weight is 344 g/mol. The lowest BCUT2D eigenvalue weighted by atomic mass is 10.1. The molecule has 7 nitrogen and oxygen atoms in total. The number of carbonyl (C=O) groups excluding carboxylic acids is 1. The number of ether oxygens (including phenoxy) is 2. The van der Waals surface area contributed by atoms with Gasteiger partial charge in [-0.2, -0.15) is 0 Å². The Balaban J connectivity index is 1.72. The highest BCUT2D eigenvalue weighted by Crippen LogP contribution is 2.45. The van der Waals surface area contributed by atoms with Gasteiger partial charge >= 0.3 is 0 Å². The molecule has 2 heterocycles. The fourth-order valence-electron chi connectivity index (χ4n) is 2.78. The van der Waals surface area contributed by atoms with Gasteiger partial charge in [-0.15, -0.1) is 11.8 Å². The van der Waals surface area contributed by atoms with Crippen molar-refractivity contribution in [2.24, 2.45) is 0 Å². The van der Waals surface area contributed by atoms with E-state index in [0.29, 0.717) is 22.9 Å². The van der Waals surface area contributed by atoms with E-state index in [1.54, 1.807) is 35.2 Å². The van der Waals surface area contributed by atoms with Crippen LogP contribution < -0.4 is 14.4 Å². The summed E-state index contributed by atoms with van der Waals surface area (Å²) in [5.74, 6) is 1.51. The molecule has 2 aromatic rings. The maximum absolute atomic E-state index is 12.4. The maximum Gasteiger partial charge on any atom is 0.269 e. The Bertz CT molecular complexity index is 841. The van der Waals surface area contributed by atoms with Gasteiger partial charge in [0.25, 0.3) is 5.69 Å². The van der Waals surface area contributed by atoms with E-state index in [9.17, 15) is 14.9 Å². The second-order valence-electron chi connectivity index (χ2n) is 5.32. The topological polar surface area (TPSA) is 81.9 Å². The lowest BCUT2D eigenvalue weighted by molar-refractivity contribution is -0.384. The predicted molar refractivity (Wildman–Crippen MR) is 88.3 cm³/mol. The number of benzene rings is 2. The fraction of sp³-hybridized carbons (Fsp3) is 0.188. The zero-order valence-corrected chi connectivity index (χ0v) is 13.2. The van der Waals surface area contributed by atoms with Crippen molar-refractivity contribution in [1.82, 2.24) is 0 Å². The number of thioether (sulfide) groups is 1. The van der Waals surface area contributed by atoms with Gasteiger partial charge in [-0.25, -0.2) is 0 Å². The minimum Gasteiger partial charge on any atom is -0.454 e. The smallest absolute Gasteiger partial charge is 0.269 e. The van der Waals surface area contributed by atoms with Gasteiger partial charge in [-0.05, 0) is 17.7 Å². The molecule has 0 aliphatic carbocycles. The fourth-order valence-corrected chi connectivity index (χ4v) is 3.94. The van der Waals surface area contributed by atoms with Gasteiger partial charge in [0, 0.05) is 23.9 Å². The number of carbonyl (C=O) groups is 1. The van der Waals surface area contributed by atoms with Gasteiger partial charge in [0.2, 0.25) is 12.7 Å². The largest absolute Gasteiger partial charge is 0.454 e. The van der Waals surface area contributed by atoms with Crippen molar-refractivity contribution >= 4 is 29.0 Å². The van der Waals surface area contributed by atoms with E-state index in [0.717, 1.165) is 5.56 Å². The highest BCUT2D eigenvalue weighted by molar-refractivity contribution is 8.00. The van der Waals surface area contributed by atoms with Gasteiger partial charge < -0.3 is 9.47 Å². The van der Waals surface area contributed by atoms with E-state index < -0.39 is 4.92 Å². The van der Waals surface area contributed by atoms with Crippen molar-refractivity contribution in [3.63, 3.8) is 0 Å². The van der Waals surface area contributed by atoms with Crippen LogP contribution in [-0.4, -0.2) is 23.4 Å². The molecule has 122 valence electrons. The van der Waals surface area contributed by atoms with Gasteiger partial charge in [-0.1, -0.05) is 12.1 Å².